The molecule has 0 bridgehead atoms. The van der Waals surface area contributed by atoms with Gasteiger partial charge in [0.05, 0.1) is 6.54 Å². The lowest BCUT2D eigenvalue weighted by Gasteiger charge is -2.36. The van der Waals surface area contributed by atoms with Crippen molar-refractivity contribution in [2.24, 2.45) is 0 Å². The average molecular weight is 314 g/mol. The number of amides is 1. The number of hydrogen-bond acceptors (Lipinski definition) is 4. The molecule has 1 N–H and O–H groups in total. The zero-order valence-electron chi connectivity index (χ0n) is 13.8. The Labute approximate surface area is 134 Å². The fourth-order valence-electron chi connectivity index (χ4n) is 3.39. The van der Waals surface area contributed by atoms with Crippen LogP contribution >= 0.6 is 11.8 Å². The first-order valence-corrected chi connectivity index (χ1v) is 9.58. The van der Waals surface area contributed by atoms with Gasteiger partial charge in [0.2, 0.25) is 5.91 Å². The highest BCUT2D eigenvalue weighted by molar-refractivity contribution is 7.99. The third-order valence-electron chi connectivity index (χ3n) is 4.92. The molecule has 1 saturated carbocycles. The fraction of sp³-hybridized carbons (Fsp3) is 0.938. The normalized spacial score (nSPS) is 28.5. The Hall–Kier alpha value is -0.260. The molecule has 0 aromatic heterocycles. The maximum atomic E-state index is 11.7. The van der Waals surface area contributed by atoms with Crippen LogP contribution in [0.2, 0.25) is 0 Å². The van der Waals surface area contributed by atoms with Crippen molar-refractivity contribution in [3.8, 4) is 0 Å². The summed E-state index contributed by atoms with van der Waals surface area (Å²) in [6.45, 7) is 2.69. The SMILES string of the molecule is CSC1CCC(NC2CCN(CC(=O)N(C)C)CC2)CC1. The van der Waals surface area contributed by atoms with Crippen LogP contribution < -0.4 is 5.32 Å². The maximum Gasteiger partial charge on any atom is 0.236 e. The van der Waals surface area contributed by atoms with E-state index < -0.39 is 0 Å². The largest absolute Gasteiger partial charge is 0.348 e. The van der Waals surface area contributed by atoms with Crippen molar-refractivity contribution in [3.05, 3.63) is 0 Å². The Bertz CT molecular complexity index is 321. The van der Waals surface area contributed by atoms with Crippen LogP contribution in [0.25, 0.3) is 0 Å². The quantitative estimate of drug-likeness (QED) is 0.839. The van der Waals surface area contributed by atoms with Gasteiger partial charge in [-0.25, -0.2) is 0 Å². The van der Waals surface area contributed by atoms with Crippen molar-refractivity contribution >= 4 is 17.7 Å². The maximum absolute atomic E-state index is 11.7. The Kier molecular flexibility index (Phi) is 6.83. The first kappa shape index (κ1) is 17.1. The number of carbonyl (C=O) groups is 1. The minimum atomic E-state index is 0.219. The number of thioether (sulfide) groups is 1. The predicted molar refractivity (Wildman–Crippen MR) is 90.9 cm³/mol. The predicted octanol–water partition coefficient (Wildman–Crippen LogP) is 1.80. The average Bonchev–Trinajstić information content (AvgIpc) is 2.50. The smallest absolute Gasteiger partial charge is 0.236 e. The molecule has 4 nitrogen and oxygen atoms in total. The second kappa shape index (κ2) is 8.39. The minimum absolute atomic E-state index is 0.219. The minimum Gasteiger partial charge on any atom is -0.348 e. The molecule has 122 valence electrons. The Morgan fingerprint density at radius 1 is 1.10 bits per heavy atom. The molecule has 5 heteroatoms. The molecule has 1 heterocycles. The summed E-state index contributed by atoms with van der Waals surface area (Å²) < 4.78 is 0. The zero-order chi connectivity index (χ0) is 15.2. The third-order valence-corrected chi connectivity index (χ3v) is 6.06. The summed E-state index contributed by atoms with van der Waals surface area (Å²) in [7, 11) is 3.67. The molecule has 0 unspecified atom stereocenters. The van der Waals surface area contributed by atoms with Gasteiger partial charge in [0.15, 0.2) is 0 Å². The fourth-order valence-corrected chi connectivity index (χ4v) is 4.13. The molecular weight excluding hydrogens is 282 g/mol. The Balaban J connectivity index is 1.64. The number of likely N-dealkylation sites (tertiary alicyclic amines) is 1. The molecule has 0 spiro atoms. The molecule has 0 atom stereocenters. The van der Waals surface area contributed by atoms with Crippen LogP contribution in [-0.2, 0) is 4.79 Å². The van der Waals surface area contributed by atoms with Crippen LogP contribution in [-0.4, -0.2) is 73.0 Å². The molecule has 2 aliphatic rings. The van der Waals surface area contributed by atoms with Crippen molar-refractivity contribution in [1.82, 2.24) is 15.1 Å². The van der Waals surface area contributed by atoms with E-state index in [9.17, 15) is 4.79 Å². The summed E-state index contributed by atoms with van der Waals surface area (Å²) in [6, 6.07) is 1.39. The number of carbonyl (C=O) groups excluding carboxylic acids is 1. The first-order chi connectivity index (χ1) is 10.1. The molecule has 21 heavy (non-hydrogen) atoms. The van der Waals surface area contributed by atoms with Crippen LogP contribution in [0, 0.1) is 0 Å². The number of rotatable bonds is 5. The van der Waals surface area contributed by atoms with Crippen LogP contribution in [0.4, 0.5) is 0 Å². The first-order valence-electron chi connectivity index (χ1n) is 8.30. The van der Waals surface area contributed by atoms with Gasteiger partial charge >= 0.3 is 0 Å². The van der Waals surface area contributed by atoms with E-state index in [-0.39, 0.29) is 5.91 Å². The Morgan fingerprint density at radius 3 is 2.19 bits per heavy atom. The lowest BCUT2D eigenvalue weighted by molar-refractivity contribution is -0.130. The molecule has 1 amide bonds. The number of nitrogens with zero attached hydrogens (tertiary/aromatic N) is 2. The summed E-state index contributed by atoms with van der Waals surface area (Å²) in [5.41, 5.74) is 0. The highest BCUT2D eigenvalue weighted by Gasteiger charge is 2.25. The lowest BCUT2D eigenvalue weighted by atomic mass is 9.93. The number of likely N-dealkylation sites (N-methyl/N-ethyl adjacent to an activating group) is 1. The summed E-state index contributed by atoms with van der Waals surface area (Å²) in [6.07, 6.45) is 10.0. The molecular formula is C16H31N3OS. The topological polar surface area (TPSA) is 35.6 Å². The molecule has 0 aromatic carbocycles. The standard InChI is InChI=1S/C16H31N3OS/c1-18(2)16(20)12-19-10-8-14(9-11-19)17-13-4-6-15(21-3)7-5-13/h13-15,17H,4-12H2,1-3H3. The van der Waals surface area contributed by atoms with E-state index in [1.807, 2.05) is 25.9 Å². The third kappa shape index (κ3) is 5.46. The van der Waals surface area contributed by atoms with Gasteiger partial charge < -0.3 is 10.2 Å². The molecule has 2 fully saturated rings. The second-order valence-electron chi connectivity index (χ2n) is 6.71. The summed E-state index contributed by atoms with van der Waals surface area (Å²) in [5, 5.41) is 4.76. The number of nitrogens with one attached hydrogen (secondary N) is 1. The number of hydrogen-bond donors (Lipinski definition) is 1. The van der Waals surface area contributed by atoms with E-state index in [4.69, 9.17) is 0 Å². The summed E-state index contributed by atoms with van der Waals surface area (Å²) in [5.74, 6) is 0.219. The monoisotopic (exact) mass is 313 g/mol. The van der Waals surface area contributed by atoms with Gasteiger partial charge in [-0.3, -0.25) is 9.69 Å². The molecule has 0 aromatic rings. The summed E-state index contributed by atoms with van der Waals surface area (Å²) in [4.78, 5) is 15.7. The van der Waals surface area contributed by atoms with E-state index in [1.165, 1.54) is 38.5 Å². The van der Waals surface area contributed by atoms with Crippen molar-refractivity contribution in [2.45, 2.75) is 55.9 Å². The molecule has 1 aliphatic heterocycles. The molecule has 2 rings (SSSR count). The van der Waals surface area contributed by atoms with Gasteiger partial charge in [0.25, 0.3) is 0 Å². The van der Waals surface area contributed by atoms with Gasteiger partial charge in [0, 0.05) is 44.5 Å². The van der Waals surface area contributed by atoms with Gasteiger partial charge in [-0.05, 0) is 44.8 Å². The molecule has 1 saturated heterocycles. The molecule has 1 aliphatic carbocycles. The van der Waals surface area contributed by atoms with Crippen molar-refractivity contribution in [3.63, 3.8) is 0 Å². The van der Waals surface area contributed by atoms with E-state index >= 15 is 0 Å². The molecule has 0 radical (unpaired) electrons. The van der Waals surface area contributed by atoms with Crippen LogP contribution in [0.3, 0.4) is 0 Å². The van der Waals surface area contributed by atoms with E-state index in [0.29, 0.717) is 12.6 Å². The van der Waals surface area contributed by atoms with Crippen LogP contribution in [0.5, 0.6) is 0 Å². The second-order valence-corrected chi connectivity index (χ2v) is 7.85. The summed E-state index contributed by atoms with van der Waals surface area (Å²) >= 11 is 2.03. The zero-order valence-corrected chi connectivity index (χ0v) is 14.6. The highest BCUT2D eigenvalue weighted by Crippen LogP contribution is 2.27. The van der Waals surface area contributed by atoms with Gasteiger partial charge in [-0.2, -0.15) is 11.8 Å². The van der Waals surface area contributed by atoms with Crippen molar-refractivity contribution in [2.75, 3.05) is 40.0 Å². The van der Waals surface area contributed by atoms with Gasteiger partial charge in [0.1, 0.15) is 0 Å². The van der Waals surface area contributed by atoms with E-state index in [2.05, 4.69) is 16.5 Å². The van der Waals surface area contributed by atoms with E-state index in [1.54, 1.807) is 4.90 Å². The van der Waals surface area contributed by atoms with Gasteiger partial charge in [-0.1, -0.05) is 0 Å². The number of piperidine rings is 1. The van der Waals surface area contributed by atoms with Gasteiger partial charge in [-0.15, -0.1) is 0 Å². The van der Waals surface area contributed by atoms with Crippen LogP contribution in [0.1, 0.15) is 38.5 Å². The Morgan fingerprint density at radius 2 is 1.67 bits per heavy atom. The lowest BCUT2D eigenvalue weighted by Crippen LogP contribution is -2.49. The van der Waals surface area contributed by atoms with E-state index in [0.717, 1.165) is 24.4 Å². The van der Waals surface area contributed by atoms with Crippen molar-refractivity contribution < 1.29 is 4.79 Å². The highest BCUT2D eigenvalue weighted by atomic mass is 32.2. The van der Waals surface area contributed by atoms with Crippen molar-refractivity contribution in [1.29, 1.82) is 0 Å². The van der Waals surface area contributed by atoms with Crippen LogP contribution in [0.15, 0.2) is 0 Å².